The van der Waals surface area contributed by atoms with Gasteiger partial charge >= 0.3 is 5.69 Å². The SMILES string of the molecule is CN(C)Cc1ccccc1CNC(=O)c1ccc(NS(=O)(=O)c2ccc(O)c([N+](=O)[O-])c2)cc1. The van der Waals surface area contributed by atoms with Crippen molar-refractivity contribution in [1.29, 1.82) is 0 Å². The van der Waals surface area contributed by atoms with Crippen LogP contribution in [0, 0.1) is 10.1 Å². The first-order valence-corrected chi connectivity index (χ1v) is 11.6. The van der Waals surface area contributed by atoms with Crippen LogP contribution >= 0.6 is 0 Å². The van der Waals surface area contributed by atoms with E-state index in [1.165, 1.54) is 24.3 Å². The number of benzene rings is 3. The maximum atomic E-state index is 12.6. The van der Waals surface area contributed by atoms with Gasteiger partial charge < -0.3 is 15.3 Å². The van der Waals surface area contributed by atoms with Gasteiger partial charge in [0.15, 0.2) is 5.75 Å². The smallest absolute Gasteiger partial charge is 0.312 e. The molecule has 3 aromatic carbocycles. The van der Waals surface area contributed by atoms with Gasteiger partial charge in [-0.25, -0.2) is 8.42 Å². The van der Waals surface area contributed by atoms with E-state index >= 15 is 0 Å². The molecule has 0 heterocycles. The zero-order chi connectivity index (χ0) is 24.9. The normalized spacial score (nSPS) is 11.3. The second-order valence-electron chi connectivity index (χ2n) is 7.78. The molecule has 0 aromatic heterocycles. The molecule has 0 unspecified atom stereocenters. The van der Waals surface area contributed by atoms with Crippen molar-refractivity contribution >= 4 is 27.3 Å². The minimum atomic E-state index is -4.15. The number of carbonyl (C=O) groups is 1. The lowest BCUT2D eigenvalue weighted by molar-refractivity contribution is -0.386. The molecule has 0 aliphatic heterocycles. The summed E-state index contributed by atoms with van der Waals surface area (Å²) in [7, 11) is -0.218. The van der Waals surface area contributed by atoms with Crippen LogP contribution in [0.5, 0.6) is 5.75 Å². The maximum absolute atomic E-state index is 12.6. The molecule has 0 atom stereocenters. The number of carbonyl (C=O) groups excluding carboxylic acids is 1. The Morgan fingerprint density at radius 3 is 2.29 bits per heavy atom. The van der Waals surface area contributed by atoms with E-state index in [0.29, 0.717) is 12.1 Å². The van der Waals surface area contributed by atoms with Gasteiger partial charge in [-0.15, -0.1) is 0 Å². The number of sulfonamides is 1. The Bertz CT molecular complexity index is 1310. The minimum absolute atomic E-state index is 0.170. The van der Waals surface area contributed by atoms with E-state index in [9.17, 15) is 28.4 Å². The molecule has 1 amide bonds. The van der Waals surface area contributed by atoms with Crippen LogP contribution in [0.4, 0.5) is 11.4 Å². The number of nitrogens with zero attached hydrogens (tertiary/aromatic N) is 2. The number of nitrogens with one attached hydrogen (secondary N) is 2. The van der Waals surface area contributed by atoms with Crippen molar-refractivity contribution in [2.24, 2.45) is 0 Å². The Balaban J connectivity index is 1.68. The molecule has 11 heteroatoms. The van der Waals surface area contributed by atoms with Gasteiger partial charge in [0, 0.05) is 30.4 Å². The topological polar surface area (TPSA) is 142 Å². The van der Waals surface area contributed by atoms with Gasteiger partial charge in [-0.05, 0) is 61.6 Å². The van der Waals surface area contributed by atoms with Crippen molar-refractivity contribution in [3.63, 3.8) is 0 Å². The highest BCUT2D eigenvalue weighted by Gasteiger charge is 2.21. The third kappa shape index (κ3) is 6.09. The lowest BCUT2D eigenvalue weighted by Gasteiger charge is -2.15. The monoisotopic (exact) mass is 484 g/mol. The molecule has 0 radical (unpaired) electrons. The maximum Gasteiger partial charge on any atom is 0.312 e. The molecule has 0 saturated carbocycles. The van der Waals surface area contributed by atoms with Crippen molar-refractivity contribution in [3.8, 4) is 5.75 Å². The van der Waals surface area contributed by atoms with E-state index < -0.39 is 26.4 Å². The second kappa shape index (κ2) is 10.3. The number of anilines is 1. The van der Waals surface area contributed by atoms with Gasteiger partial charge in [0.05, 0.1) is 9.82 Å². The molecule has 0 spiro atoms. The largest absolute Gasteiger partial charge is 0.502 e. The zero-order valence-corrected chi connectivity index (χ0v) is 19.4. The van der Waals surface area contributed by atoms with Crippen LogP contribution < -0.4 is 10.0 Å². The number of rotatable bonds is 9. The summed E-state index contributed by atoms with van der Waals surface area (Å²) in [5.41, 5.74) is 1.89. The van der Waals surface area contributed by atoms with Crippen molar-refractivity contribution in [1.82, 2.24) is 10.2 Å². The molecule has 178 valence electrons. The summed E-state index contributed by atoms with van der Waals surface area (Å²) in [6.07, 6.45) is 0. The fraction of sp³-hybridized carbons (Fsp3) is 0.174. The number of nitro groups is 1. The van der Waals surface area contributed by atoms with Gasteiger partial charge in [-0.1, -0.05) is 24.3 Å². The number of amides is 1. The number of hydrogen-bond donors (Lipinski definition) is 3. The summed E-state index contributed by atoms with van der Waals surface area (Å²) < 4.78 is 27.5. The van der Waals surface area contributed by atoms with Crippen molar-refractivity contribution in [2.75, 3.05) is 18.8 Å². The number of phenols is 1. The van der Waals surface area contributed by atoms with Crippen LogP contribution in [0.25, 0.3) is 0 Å². The summed E-state index contributed by atoms with van der Waals surface area (Å²) in [4.78, 5) is 24.3. The molecule has 0 saturated heterocycles. The minimum Gasteiger partial charge on any atom is -0.502 e. The highest BCUT2D eigenvalue weighted by atomic mass is 32.2. The molecular formula is C23H24N4O6S. The van der Waals surface area contributed by atoms with Crippen molar-refractivity contribution in [2.45, 2.75) is 18.0 Å². The Labute approximate surface area is 197 Å². The Hall–Kier alpha value is -3.96. The second-order valence-corrected chi connectivity index (χ2v) is 9.46. The number of aromatic hydroxyl groups is 1. The van der Waals surface area contributed by atoms with Gasteiger partial charge in [0.1, 0.15) is 0 Å². The third-order valence-electron chi connectivity index (χ3n) is 4.90. The first kappa shape index (κ1) is 24.7. The van der Waals surface area contributed by atoms with E-state index in [1.54, 1.807) is 0 Å². The van der Waals surface area contributed by atoms with Crippen molar-refractivity contribution < 1.29 is 23.2 Å². The average Bonchev–Trinajstić information content (AvgIpc) is 2.78. The molecular weight excluding hydrogens is 460 g/mol. The van der Waals surface area contributed by atoms with Crippen molar-refractivity contribution in [3.05, 3.63) is 93.5 Å². The summed E-state index contributed by atoms with van der Waals surface area (Å²) in [6, 6.07) is 16.4. The molecule has 3 aromatic rings. The summed E-state index contributed by atoms with van der Waals surface area (Å²) in [5.74, 6) is -0.952. The van der Waals surface area contributed by atoms with Gasteiger partial charge in [-0.3, -0.25) is 19.6 Å². The number of nitro benzene ring substituents is 1. The standard InChI is InChI=1S/C23H24N4O6S/c1-26(2)15-18-6-4-3-5-17(18)14-24-23(29)16-7-9-19(10-8-16)25-34(32,33)20-11-12-22(28)21(13-20)27(30)31/h3-13,25,28H,14-15H2,1-2H3,(H,24,29). The van der Waals surface area contributed by atoms with E-state index in [0.717, 1.165) is 35.9 Å². The highest BCUT2D eigenvalue weighted by molar-refractivity contribution is 7.92. The fourth-order valence-electron chi connectivity index (χ4n) is 3.22. The van der Waals surface area contributed by atoms with E-state index in [1.807, 2.05) is 43.3 Å². The van der Waals surface area contributed by atoms with Crippen LogP contribution in [-0.2, 0) is 23.1 Å². The Kier molecular flexibility index (Phi) is 7.49. The number of phenolic OH excluding ortho intramolecular Hbond substituents is 1. The van der Waals surface area contributed by atoms with E-state index in [-0.39, 0.29) is 16.5 Å². The predicted molar refractivity (Wildman–Crippen MR) is 127 cm³/mol. The lowest BCUT2D eigenvalue weighted by atomic mass is 10.1. The van der Waals surface area contributed by atoms with Crippen LogP contribution in [-0.4, -0.2) is 43.4 Å². The zero-order valence-electron chi connectivity index (χ0n) is 18.6. The van der Waals surface area contributed by atoms with Crippen LogP contribution in [0.15, 0.2) is 71.6 Å². The molecule has 34 heavy (non-hydrogen) atoms. The fourth-order valence-corrected chi connectivity index (χ4v) is 4.30. The van der Waals surface area contributed by atoms with E-state index in [2.05, 4.69) is 10.0 Å². The molecule has 0 bridgehead atoms. The van der Waals surface area contributed by atoms with Gasteiger partial charge in [0.2, 0.25) is 0 Å². The summed E-state index contributed by atoms with van der Waals surface area (Å²) in [6.45, 7) is 1.09. The molecule has 3 N–H and O–H groups in total. The Morgan fingerprint density at radius 2 is 1.68 bits per heavy atom. The van der Waals surface area contributed by atoms with Gasteiger partial charge in [-0.2, -0.15) is 0 Å². The molecule has 10 nitrogen and oxygen atoms in total. The summed E-state index contributed by atoms with van der Waals surface area (Å²) >= 11 is 0. The first-order chi connectivity index (χ1) is 16.1. The number of hydrogen-bond acceptors (Lipinski definition) is 7. The quantitative estimate of drug-likeness (QED) is 0.313. The highest BCUT2D eigenvalue weighted by Crippen LogP contribution is 2.29. The van der Waals surface area contributed by atoms with E-state index in [4.69, 9.17) is 0 Å². The predicted octanol–water partition coefficient (Wildman–Crippen LogP) is 3.09. The first-order valence-electron chi connectivity index (χ1n) is 10.2. The van der Waals surface area contributed by atoms with Crippen LogP contribution in [0.3, 0.4) is 0 Å². The van der Waals surface area contributed by atoms with Crippen LogP contribution in [0.1, 0.15) is 21.5 Å². The molecule has 3 rings (SSSR count). The summed E-state index contributed by atoms with van der Waals surface area (Å²) in [5, 5.41) is 23.3. The third-order valence-corrected chi connectivity index (χ3v) is 6.28. The van der Waals surface area contributed by atoms with Crippen LogP contribution in [0.2, 0.25) is 0 Å². The lowest BCUT2D eigenvalue weighted by Crippen LogP contribution is -2.24. The molecule has 0 fully saturated rings. The average molecular weight is 485 g/mol. The molecule has 0 aliphatic rings. The molecule has 0 aliphatic carbocycles. The Morgan fingerprint density at radius 1 is 1.03 bits per heavy atom. The van der Waals surface area contributed by atoms with Gasteiger partial charge in [0.25, 0.3) is 15.9 Å².